The molecule has 0 bridgehead atoms. The topological polar surface area (TPSA) is 47.6 Å². The average molecular weight is 341 g/mol. The van der Waals surface area contributed by atoms with Crippen LogP contribution in [-0.4, -0.2) is 24.2 Å². The normalized spacial score (nSPS) is 16.7. The fraction of sp³-hybridized carbons (Fsp3) is 0.476. The number of hydrogen-bond donors (Lipinski definition) is 1. The molecule has 1 saturated carbocycles. The lowest BCUT2D eigenvalue weighted by molar-refractivity contribution is -0.141. The molecule has 0 aliphatic heterocycles. The van der Waals surface area contributed by atoms with Crippen LogP contribution in [0.5, 0.6) is 5.75 Å². The van der Waals surface area contributed by atoms with Crippen molar-refractivity contribution in [3.8, 4) is 5.75 Å². The highest BCUT2D eigenvalue weighted by Gasteiger charge is 2.48. The molecular weight excluding hydrogens is 314 g/mol. The highest BCUT2D eigenvalue weighted by atomic mass is 16.5. The number of amides is 1. The summed E-state index contributed by atoms with van der Waals surface area (Å²) < 4.78 is 11.7. The van der Waals surface area contributed by atoms with E-state index >= 15 is 0 Å². The van der Waals surface area contributed by atoms with Gasteiger partial charge in [0.25, 0.3) is 5.91 Å². The third-order valence-corrected chi connectivity index (χ3v) is 4.75. The van der Waals surface area contributed by atoms with Crippen LogP contribution in [0.2, 0.25) is 0 Å². The molecule has 1 amide bonds. The third-order valence-electron chi connectivity index (χ3n) is 4.75. The maximum atomic E-state index is 12.9. The number of fused-ring (bicyclic) bond motifs is 1. The zero-order valence-corrected chi connectivity index (χ0v) is 15.5. The zero-order chi connectivity index (χ0) is 18.0. The maximum absolute atomic E-state index is 12.9. The van der Waals surface area contributed by atoms with Crippen molar-refractivity contribution in [3.05, 3.63) is 36.4 Å². The van der Waals surface area contributed by atoms with Crippen LogP contribution in [0.25, 0.3) is 10.8 Å². The molecule has 0 radical (unpaired) electrons. The molecule has 2 aromatic rings. The van der Waals surface area contributed by atoms with E-state index in [0.29, 0.717) is 12.5 Å². The van der Waals surface area contributed by atoms with Gasteiger partial charge in [0.1, 0.15) is 11.4 Å². The van der Waals surface area contributed by atoms with Gasteiger partial charge in [-0.2, -0.15) is 0 Å². The van der Waals surface area contributed by atoms with E-state index in [-0.39, 0.29) is 12.0 Å². The second-order valence-electron chi connectivity index (χ2n) is 7.09. The van der Waals surface area contributed by atoms with Gasteiger partial charge in [-0.05, 0) is 58.6 Å². The first-order chi connectivity index (χ1) is 12.0. The van der Waals surface area contributed by atoms with Gasteiger partial charge >= 0.3 is 0 Å². The van der Waals surface area contributed by atoms with Crippen molar-refractivity contribution in [3.63, 3.8) is 0 Å². The third kappa shape index (κ3) is 3.64. The van der Waals surface area contributed by atoms with Crippen molar-refractivity contribution >= 4 is 22.4 Å². The molecule has 1 fully saturated rings. The molecule has 4 heteroatoms. The maximum Gasteiger partial charge on any atom is 0.256 e. The quantitative estimate of drug-likeness (QED) is 0.789. The van der Waals surface area contributed by atoms with Crippen LogP contribution >= 0.6 is 0 Å². The van der Waals surface area contributed by atoms with Gasteiger partial charge in [-0.3, -0.25) is 4.79 Å². The zero-order valence-electron chi connectivity index (χ0n) is 15.5. The molecule has 1 aliphatic rings. The number of carbonyl (C=O) groups is 1. The Kier molecular flexibility index (Phi) is 5.00. The van der Waals surface area contributed by atoms with Crippen LogP contribution in [0.3, 0.4) is 0 Å². The Balaban J connectivity index is 1.92. The van der Waals surface area contributed by atoms with E-state index in [2.05, 4.69) is 5.32 Å². The predicted octanol–water partition coefficient (Wildman–Crippen LogP) is 4.77. The Morgan fingerprint density at radius 3 is 2.48 bits per heavy atom. The lowest BCUT2D eigenvalue weighted by Crippen LogP contribution is -2.44. The second kappa shape index (κ2) is 7.04. The van der Waals surface area contributed by atoms with E-state index in [1.165, 1.54) is 0 Å². The SMILES string of the molecule is CCOC(C)(C(=O)Nc1ccc(OC(C)C)c2ccccc12)C1CC1. The minimum absolute atomic E-state index is 0.0699. The molecule has 4 nitrogen and oxygen atoms in total. The first kappa shape index (κ1) is 17.7. The standard InChI is InChI=1S/C21H27NO3/c1-5-24-21(4,15-10-11-15)20(23)22-18-12-13-19(25-14(2)3)17-9-7-6-8-16(17)18/h6-9,12-15H,5,10-11H2,1-4H3,(H,22,23). The molecule has 1 atom stereocenters. The van der Waals surface area contributed by atoms with Gasteiger partial charge in [0.05, 0.1) is 6.10 Å². The Bertz CT molecular complexity index is 767. The predicted molar refractivity (Wildman–Crippen MR) is 101 cm³/mol. The summed E-state index contributed by atoms with van der Waals surface area (Å²) in [5.74, 6) is 1.07. The molecule has 0 spiro atoms. The van der Waals surface area contributed by atoms with Gasteiger partial charge in [-0.15, -0.1) is 0 Å². The van der Waals surface area contributed by atoms with E-state index in [1.807, 2.05) is 64.1 Å². The number of benzene rings is 2. The van der Waals surface area contributed by atoms with E-state index in [0.717, 1.165) is 35.1 Å². The minimum atomic E-state index is -0.761. The molecule has 134 valence electrons. The molecular formula is C21H27NO3. The van der Waals surface area contributed by atoms with Crippen molar-refractivity contribution in [2.45, 2.75) is 52.2 Å². The Hall–Kier alpha value is -2.07. The molecule has 1 N–H and O–H groups in total. The molecule has 0 heterocycles. The van der Waals surface area contributed by atoms with Crippen molar-refractivity contribution in [2.24, 2.45) is 5.92 Å². The average Bonchev–Trinajstić information content (AvgIpc) is 3.42. The van der Waals surface area contributed by atoms with E-state index in [4.69, 9.17) is 9.47 Å². The lowest BCUT2D eigenvalue weighted by atomic mass is 9.98. The smallest absolute Gasteiger partial charge is 0.256 e. The highest BCUT2D eigenvalue weighted by molar-refractivity contribution is 6.06. The number of rotatable bonds is 7. The summed E-state index contributed by atoms with van der Waals surface area (Å²) in [5.41, 5.74) is 0.0338. The van der Waals surface area contributed by atoms with Crippen molar-refractivity contribution < 1.29 is 14.3 Å². The van der Waals surface area contributed by atoms with Crippen LogP contribution in [0, 0.1) is 5.92 Å². The first-order valence-corrected chi connectivity index (χ1v) is 9.09. The van der Waals surface area contributed by atoms with E-state index < -0.39 is 5.60 Å². The van der Waals surface area contributed by atoms with Crippen LogP contribution in [0.1, 0.15) is 40.5 Å². The first-order valence-electron chi connectivity index (χ1n) is 9.09. The van der Waals surface area contributed by atoms with Crippen molar-refractivity contribution in [1.29, 1.82) is 0 Å². The summed E-state index contributed by atoms with van der Waals surface area (Å²) in [4.78, 5) is 12.9. The number of nitrogens with one attached hydrogen (secondary N) is 1. The van der Waals surface area contributed by atoms with Gasteiger partial charge in [-0.1, -0.05) is 24.3 Å². The summed E-state index contributed by atoms with van der Waals surface area (Å²) in [5, 5.41) is 5.07. The lowest BCUT2D eigenvalue weighted by Gasteiger charge is -2.28. The Labute approximate surface area is 149 Å². The number of anilines is 1. The molecule has 3 rings (SSSR count). The largest absolute Gasteiger partial charge is 0.490 e. The Morgan fingerprint density at radius 1 is 1.20 bits per heavy atom. The fourth-order valence-electron chi connectivity index (χ4n) is 3.29. The van der Waals surface area contributed by atoms with Crippen LogP contribution in [-0.2, 0) is 9.53 Å². The summed E-state index contributed by atoms with van der Waals surface area (Å²) in [6.45, 7) is 8.38. The number of carbonyl (C=O) groups excluding carboxylic acids is 1. The second-order valence-corrected chi connectivity index (χ2v) is 7.09. The number of ether oxygens (including phenoxy) is 2. The van der Waals surface area contributed by atoms with Gasteiger partial charge in [0, 0.05) is 23.1 Å². The van der Waals surface area contributed by atoms with Crippen LogP contribution < -0.4 is 10.1 Å². The molecule has 0 aromatic heterocycles. The van der Waals surface area contributed by atoms with Crippen molar-refractivity contribution in [1.82, 2.24) is 0 Å². The van der Waals surface area contributed by atoms with E-state index in [9.17, 15) is 4.79 Å². The summed E-state index contributed by atoms with van der Waals surface area (Å²) in [7, 11) is 0. The number of hydrogen-bond acceptors (Lipinski definition) is 3. The molecule has 25 heavy (non-hydrogen) atoms. The molecule has 0 saturated heterocycles. The Morgan fingerprint density at radius 2 is 1.88 bits per heavy atom. The fourth-order valence-corrected chi connectivity index (χ4v) is 3.29. The molecule has 1 unspecified atom stereocenters. The highest BCUT2D eigenvalue weighted by Crippen LogP contribution is 2.43. The van der Waals surface area contributed by atoms with Gasteiger partial charge < -0.3 is 14.8 Å². The van der Waals surface area contributed by atoms with E-state index in [1.54, 1.807) is 0 Å². The molecule has 1 aliphatic carbocycles. The summed E-state index contributed by atoms with van der Waals surface area (Å²) in [6, 6.07) is 11.8. The monoisotopic (exact) mass is 341 g/mol. The van der Waals surface area contributed by atoms with Crippen LogP contribution in [0.4, 0.5) is 5.69 Å². The summed E-state index contributed by atoms with van der Waals surface area (Å²) in [6.07, 6.45) is 2.19. The van der Waals surface area contributed by atoms with Gasteiger partial charge in [-0.25, -0.2) is 0 Å². The van der Waals surface area contributed by atoms with Crippen molar-refractivity contribution in [2.75, 3.05) is 11.9 Å². The summed E-state index contributed by atoms with van der Waals surface area (Å²) >= 11 is 0. The van der Waals surface area contributed by atoms with Gasteiger partial charge in [0.2, 0.25) is 0 Å². The minimum Gasteiger partial charge on any atom is -0.490 e. The van der Waals surface area contributed by atoms with Crippen LogP contribution in [0.15, 0.2) is 36.4 Å². The molecule has 2 aromatic carbocycles. The van der Waals surface area contributed by atoms with Gasteiger partial charge in [0.15, 0.2) is 0 Å².